The van der Waals surface area contributed by atoms with Crippen molar-refractivity contribution in [2.45, 2.75) is 23.9 Å². The van der Waals surface area contributed by atoms with Crippen molar-refractivity contribution in [2.75, 3.05) is 6.61 Å². The second kappa shape index (κ2) is 11.3. The van der Waals surface area contributed by atoms with Crippen molar-refractivity contribution in [1.29, 1.82) is 0 Å². The zero-order valence-corrected chi connectivity index (χ0v) is 16.5. The van der Waals surface area contributed by atoms with Crippen molar-refractivity contribution in [2.24, 2.45) is 0 Å². The first kappa shape index (κ1) is 24.3. The third-order valence-corrected chi connectivity index (χ3v) is 3.95. The molecule has 13 heteroatoms. The number of carbonyl (C=O) groups is 1. The smallest absolute Gasteiger partial charge is 0.325 e. The molecule has 0 aliphatic rings. The summed E-state index contributed by atoms with van der Waals surface area (Å²) in [5.41, 5.74) is -0.123. The van der Waals surface area contributed by atoms with E-state index in [-0.39, 0.29) is 11.2 Å². The molecule has 29 heavy (non-hydrogen) atoms. The number of aliphatic hydroxyl groups is 2. The Morgan fingerprint density at radius 3 is 2.28 bits per heavy atom. The van der Waals surface area contributed by atoms with Gasteiger partial charge in [0.15, 0.2) is 4.84 Å². The quantitative estimate of drug-likeness (QED) is 0.239. The standard InChI is InChI=1S/C11H12Cl2N2O5.C5H6N2O2/c12-10(13)11(18)14-8(5-16)9(17)6-1-3-7(4-2-6)15(19)20;1-3-2-6-5(9)7-4(3)8/h1-4,8-10,16-17H,5H2,(H,14,18);2H,1H3,(H2,6,7,8,9). The maximum atomic E-state index is 11.3. The molecule has 158 valence electrons. The number of non-ortho nitro benzene ring substituents is 1. The monoisotopic (exact) mass is 448 g/mol. The molecule has 1 aromatic heterocycles. The normalized spacial score (nSPS) is 12.5. The summed E-state index contributed by atoms with van der Waals surface area (Å²) in [6.45, 7) is 1.07. The molecule has 1 heterocycles. The van der Waals surface area contributed by atoms with Gasteiger partial charge < -0.3 is 20.5 Å². The van der Waals surface area contributed by atoms with Gasteiger partial charge in [-0.1, -0.05) is 23.2 Å². The van der Waals surface area contributed by atoms with Crippen molar-refractivity contribution < 1.29 is 19.9 Å². The summed E-state index contributed by atoms with van der Waals surface area (Å²) >= 11 is 10.7. The van der Waals surface area contributed by atoms with E-state index in [1.54, 1.807) is 6.92 Å². The van der Waals surface area contributed by atoms with Gasteiger partial charge >= 0.3 is 5.69 Å². The number of hydrogen-bond donors (Lipinski definition) is 5. The lowest BCUT2D eigenvalue weighted by molar-refractivity contribution is -0.384. The maximum Gasteiger partial charge on any atom is 0.325 e. The minimum Gasteiger partial charge on any atom is -0.394 e. The number of rotatable bonds is 6. The Balaban J connectivity index is 0.000000387. The third-order valence-electron chi connectivity index (χ3n) is 3.55. The molecule has 2 atom stereocenters. The molecule has 5 N–H and O–H groups in total. The minimum atomic E-state index is -1.33. The number of nitro benzene ring substituents is 1. The van der Waals surface area contributed by atoms with Crippen molar-refractivity contribution in [3.63, 3.8) is 0 Å². The van der Waals surface area contributed by atoms with Gasteiger partial charge in [0.2, 0.25) is 0 Å². The van der Waals surface area contributed by atoms with Crippen LogP contribution in [0.2, 0.25) is 0 Å². The number of alkyl halides is 2. The van der Waals surface area contributed by atoms with Crippen LogP contribution in [0.3, 0.4) is 0 Å². The van der Waals surface area contributed by atoms with Crippen LogP contribution in [0.1, 0.15) is 17.2 Å². The molecule has 0 saturated carbocycles. The second-order valence-corrected chi connectivity index (χ2v) is 6.74. The van der Waals surface area contributed by atoms with E-state index in [9.17, 15) is 29.6 Å². The number of benzene rings is 1. The highest BCUT2D eigenvalue weighted by atomic mass is 35.5. The molecule has 2 aromatic rings. The Labute approximate surface area is 173 Å². The first-order valence-electron chi connectivity index (χ1n) is 7.97. The zero-order valence-electron chi connectivity index (χ0n) is 15.0. The molecule has 0 aliphatic carbocycles. The van der Waals surface area contributed by atoms with E-state index in [0.29, 0.717) is 11.1 Å². The molecule has 1 aromatic carbocycles. The lowest BCUT2D eigenvalue weighted by atomic mass is 10.0. The Hall–Kier alpha value is -2.73. The van der Waals surface area contributed by atoms with Crippen LogP contribution in [0.5, 0.6) is 0 Å². The van der Waals surface area contributed by atoms with E-state index in [4.69, 9.17) is 28.3 Å². The second-order valence-electron chi connectivity index (χ2n) is 5.65. The topological polar surface area (TPSA) is 178 Å². The fourth-order valence-electron chi connectivity index (χ4n) is 1.97. The number of halogens is 2. The minimum absolute atomic E-state index is 0.132. The van der Waals surface area contributed by atoms with Crippen molar-refractivity contribution in [3.8, 4) is 0 Å². The number of aromatic nitrogens is 2. The van der Waals surface area contributed by atoms with Crippen LogP contribution in [0.15, 0.2) is 40.1 Å². The highest BCUT2D eigenvalue weighted by molar-refractivity contribution is 6.53. The van der Waals surface area contributed by atoms with Crippen LogP contribution >= 0.6 is 23.2 Å². The number of aliphatic hydroxyl groups excluding tert-OH is 2. The van der Waals surface area contributed by atoms with Gasteiger partial charge in [-0.25, -0.2) is 4.79 Å². The summed E-state index contributed by atoms with van der Waals surface area (Å²) in [4.78, 5) is 45.2. The summed E-state index contributed by atoms with van der Waals surface area (Å²) in [5, 5.41) is 31.9. The van der Waals surface area contributed by atoms with E-state index >= 15 is 0 Å². The fourth-order valence-corrected chi connectivity index (χ4v) is 2.10. The molecule has 1 amide bonds. The molecule has 2 unspecified atom stereocenters. The summed E-state index contributed by atoms with van der Waals surface area (Å²) in [5.74, 6) is -0.756. The molecule has 0 bridgehead atoms. The highest BCUT2D eigenvalue weighted by Gasteiger charge is 2.24. The Kier molecular flexibility index (Phi) is 9.48. The molecule has 11 nitrogen and oxygen atoms in total. The van der Waals surface area contributed by atoms with E-state index < -0.39 is 40.1 Å². The predicted molar refractivity (Wildman–Crippen MR) is 105 cm³/mol. The molecule has 0 aliphatic heterocycles. The van der Waals surface area contributed by atoms with Crippen molar-refractivity contribution in [3.05, 3.63) is 72.5 Å². The predicted octanol–water partition coefficient (Wildman–Crippen LogP) is 0.281. The molecular weight excluding hydrogens is 431 g/mol. The fraction of sp³-hybridized carbons (Fsp3) is 0.312. The summed E-state index contributed by atoms with van der Waals surface area (Å²) in [6.07, 6.45) is 0.123. The number of carbonyl (C=O) groups excluding carboxylic acids is 1. The van der Waals surface area contributed by atoms with Gasteiger partial charge in [-0.3, -0.25) is 24.7 Å². The molecule has 0 spiro atoms. The van der Waals surface area contributed by atoms with Gasteiger partial charge in [0.25, 0.3) is 17.2 Å². The van der Waals surface area contributed by atoms with E-state index in [1.807, 2.05) is 0 Å². The van der Waals surface area contributed by atoms with Crippen molar-refractivity contribution in [1.82, 2.24) is 15.3 Å². The van der Waals surface area contributed by atoms with Gasteiger partial charge in [0.05, 0.1) is 17.6 Å². The summed E-state index contributed by atoms with van der Waals surface area (Å²) in [6, 6.07) is 4.05. The van der Waals surface area contributed by atoms with Gasteiger partial charge in [0.1, 0.15) is 6.10 Å². The summed E-state index contributed by atoms with van der Waals surface area (Å²) < 4.78 is 0. The number of amides is 1. The Morgan fingerprint density at radius 1 is 1.28 bits per heavy atom. The van der Waals surface area contributed by atoms with Crippen LogP contribution in [-0.4, -0.2) is 48.5 Å². The average molecular weight is 449 g/mol. The molecule has 2 rings (SSSR count). The Bertz CT molecular complexity index is 943. The maximum absolute atomic E-state index is 11.3. The summed E-state index contributed by atoms with van der Waals surface area (Å²) in [7, 11) is 0. The van der Waals surface area contributed by atoms with Crippen LogP contribution in [0.25, 0.3) is 0 Å². The number of H-pyrrole nitrogens is 2. The lowest BCUT2D eigenvalue weighted by Crippen LogP contribution is -2.44. The number of aryl methyl sites for hydroxylation is 1. The number of nitro groups is 1. The van der Waals surface area contributed by atoms with Crippen LogP contribution in [0, 0.1) is 17.0 Å². The van der Waals surface area contributed by atoms with Crippen LogP contribution < -0.4 is 16.6 Å². The SMILES string of the molecule is Cc1c[nH]c(=O)[nH]c1=O.O=C(NC(CO)C(O)c1ccc([N+](=O)[O-])cc1)C(Cl)Cl. The Morgan fingerprint density at radius 2 is 1.86 bits per heavy atom. The van der Waals surface area contributed by atoms with Gasteiger partial charge in [-0.2, -0.15) is 0 Å². The van der Waals surface area contributed by atoms with Crippen LogP contribution in [-0.2, 0) is 4.79 Å². The number of hydrogen-bond acceptors (Lipinski definition) is 7. The van der Waals surface area contributed by atoms with Gasteiger partial charge in [-0.15, -0.1) is 0 Å². The van der Waals surface area contributed by atoms with E-state index in [1.165, 1.54) is 30.5 Å². The zero-order chi connectivity index (χ0) is 22.1. The molecular formula is C16H18Cl2N4O7. The lowest BCUT2D eigenvalue weighted by Gasteiger charge is -2.22. The first-order valence-corrected chi connectivity index (χ1v) is 8.84. The highest BCUT2D eigenvalue weighted by Crippen LogP contribution is 2.20. The van der Waals surface area contributed by atoms with Crippen LogP contribution in [0.4, 0.5) is 5.69 Å². The number of nitrogens with one attached hydrogen (secondary N) is 3. The molecule has 0 fully saturated rings. The third kappa shape index (κ3) is 7.66. The van der Waals surface area contributed by atoms with E-state index in [0.717, 1.165) is 0 Å². The first-order chi connectivity index (χ1) is 13.6. The van der Waals surface area contributed by atoms with E-state index in [2.05, 4.69) is 15.3 Å². The van der Waals surface area contributed by atoms with Gasteiger partial charge in [0, 0.05) is 23.9 Å². The number of aromatic amines is 2. The largest absolute Gasteiger partial charge is 0.394 e. The molecule has 0 saturated heterocycles. The average Bonchev–Trinajstić information content (AvgIpc) is 2.69. The van der Waals surface area contributed by atoms with Crippen molar-refractivity contribution >= 4 is 34.8 Å². The number of nitrogens with zero attached hydrogens (tertiary/aromatic N) is 1. The van der Waals surface area contributed by atoms with Gasteiger partial charge in [-0.05, 0) is 24.6 Å². The molecule has 0 radical (unpaired) electrons.